The number of nitro groups is 1. The Bertz CT molecular complexity index is 587. The molecule has 1 aromatic heterocycles. The van der Waals surface area contributed by atoms with Gasteiger partial charge in [-0.25, -0.2) is 4.98 Å². The number of thiazole rings is 1. The first-order chi connectivity index (χ1) is 9.61. The van der Waals surface area contributed by atoms with Crippen molar-refractivity contribution in [3.63, 3.8) is 0 Å². The molecule has 6 nitrogen and oxygen atoms in total. The Morgan fingerprint density at radius 2 is 2.35 bits per heavy atom. The minimum Gasteiger partial charge on any atom is -0.490 e. The average Bonchev–Trinajstić information content (AvgIpc) is 2.98. The van der Waals surface area contributed by atoms with Crippen LogP contribution in [0.3, 0.4) is 0 Å². The van der Waals surface area contributed by atoms with Gasteiger partial charge in [0, 0.05) is 41.9 Å². The summed E-state index contributed by atoms with van der Waals surface area (Å²) in [7, 11) is 1.42. The summed E-state index contributed by atoms with van der Waals surface area (Å²) in [6.07, 6.45) is 1.78. The predicted molar refractivity (Wildman–Crippen MR) is 78.7 cm³/mol. The minimum atomic E-state index is -0.458. The summed E-state index contributed by atoms with van der Waals surface area (Å²) in [5.74, 6) is 0.526. The molecule has 2 aromatic rings. The van der Waals surface area contributed by atoms with Crippen LogP contribution in [0, 0.1) is 10.1 Å². The molecule has 0 fully saturated rings. The maximum absolute atomic E-state index is 10.8. The monoisotopic (exact) mass is 293 g/mol. The number of nitrogens with zero attached hydrogens (tertiary/aromatic N) is 2. The van der Waals surface area contributed by atoms with Crippen molar-refractivity contribution >= 4 is 22.7 Å². The number of nitro benzene ring substituents is 1. The van der Waals surface area contributed by atoms with Crippen molar-refractivity contribution in [1.82, 2.24) is 4.98 Å². The third-order valence-electron chi connectivity index (χ3n) is 2.86. The molecule has 106 valence electrons. The summed E-state index contributed by atoms with van der Waals surface area (Å²) < 4.78 is 5.03. The van der Waals surface area contributed by atoms with Crippen molar-refractivity contribution in [2.24, 2.45) is 0 Å². The van der Waals surface area contributed by atoms with Gasteiger partial charge in [0.15, 0.2) is 5.75 Å². The summed E-state index contributed by atoms with van der Waals surface area (Å²) in [6.45, 7) is 2.78. The first-order valence-corrected chi connectivity index (χ1v) is 6.95. The Balaban J connectivity index is 2.05. The van der Waals surface area contributed by atoms with Crippen LogP contribution in [0.15, 0.2) is 29.8 Å². The van der Waals surface area contributed by atoms with Crippen molar-refractivity contribution in [2.75, 3.05) is 19.0 Å². The van der Waals surface area contributed by atoms with Crippen molar-refractivity contribution in [3.05, 3.63) is 44.9 Å². The second-order valence-corrected chi connectivity index (χ2v) is 5.22. The quantitative estimate of drug-likeness (QED) is 0.653. The van der Waals surface area contributed by atoms with E-state index in [0.29, 0.717) is 6.54 Å². The largest absolute Gasteiger partial charge is 0.490 e. The van der Waals surface area contributed by atoms with E-state index in [-0.39, 0.29) is 17.4 Å². The fraction of sp³-hybridized carbons (Fsp3) is 0.308. The zero-order valence-corrected chi connectivity index (χ0v) is 12.0. The van der Waals surface area contributed by atoms with Crippen LogP contribution in [0.2, 0.25) is 0 Å². The van der Waals surface area contributed by atoms with Gasteiger partial charge in [0.25, 0.3) is 0 Å². The molecule has 0 unspecified atom stereocenters. The Morgan fingerprint density at radius 3 is 2.95 bits per heavy atom. The second-order valence-electron chi connectivity index (χ2n) is 4.30. The van der Waals surface area contributed by atoms with Crippen LogP contribution in [0.25, 0.3) is 0 Å². The van der Waals surface area contributed by atoms with Crippen molar-refractivity contribution in [2.45, 2.75) is 12.8 Å². The Labute approximate surface area is 120 Å². The molecule has 0 aliphatic carbocycles. The first kappa shape index (κ1) is 14.3. The number of anilines is 1. The summed E-state index contributed by atoms with van der Waals surface area (Å²) in [5.41, 5.74) is 0.752. The van der Waals surface area contributed by atoms with E-state index in [1.165, 1.54) is 13.2 Å². The normalized spacial score (nSPS) is 11.9. The second kappa shape index (κ2) is 6.33. The fourth-order valence-corrected chi connectivity index (χ4v) is 2.47. The smallest absolute Gasteiger partial charge is 0.311 e. The van der Waals surface area contributed by atoms with Gasteiger partial charge in [-0.1, -0.05) is 6.92 Å². The number of hydrogen-bond acceptors (Lipinski definition) is 6. The lowest BCUT2D eigenvalue weighted by atomic mass is 10.2. The van der Waals surface area contributed by atoms with Gasteiger partial charge >= 0.3 is 5.69 Å². The summed E-state index contributed by atoms with van der Waals surface area (Å²) in [6, 6.07) is 4.75. The van der Waals surface area contributed by atoms with Crippen LogP contribution in [0.5, 0.6) is 5.75 Å². The lowest BCUT2D eigenvalue weighted by molar-refractivity contribution is -0.385. The zero-order chi connectivity index (χ0) is 14.5. The molecule has 0 saturated carbocycles. The van der Waals surface area contributed by atoms with Gasteiger partial charge in [0.1, 0.15) is 0 Å². The molecule has 1 aromatic carbocycles. The van der Waals surface area contributed by atoms with E-state index in [1.54, 1.807) is 29.7 Å². The Morgan fingerprint density at radius 1 is 1.55 bits per heavy atom. The Kier molecular flexibility index (Phi) is 4.52. The summed E-state index contributed by atoms with van der Waals surface area (Å²) in [5, 5.41) is 17.1. The van der Waals surface area contributed by atoms with Crippen LogP contribution in [-0.2, 0) is 0 Å². The molecule has 2 rings (SSSR count). The summed E-state index contributed by atoms with van der Waals surface area (Å²) in [4.78, 5) is 14.6. The molecule has 0 bridgehead atoms. The number of benzene rings is 1. The molecule has 20 heavy (non-hydrogen) atoms. The van der Waals surface area contributed by atoms with E-state index in [2.05, 4.69) is 17.2 Å². The van der Waals surface area contributed by atoms with Crippen LogP contribution in [0.1, 0.15) is 17.8 Å². The molecule has 0 saturated heterocycles. The fourth-order valence-electron chi connectivity index (χ4n) is 1.77. The highest BCUT2D eigenvalue weighted by atomic mass is 32.1. The van der Waals surface area contributed by atoms with Crippen LogP contribution >= 0.6 is 11.3 Å². The van der Waals surface area contributed by atoms with Gasteiger partial charge in [-0.15, -0.1) is 11.3 Å². The highest BCUT2D eigenvalue weighted by Crippen LogP contribution is 2.30. The van der Waals surface area contributed by atoms with Crippen molar-refractivity contribution in [1.29, 1.82) is 0 Å². The number of rotatable bonds is 6. The molecular weight excluding hydrogens is 278 g/mol. The van der Waals surface area contributed by atoms with E-state index in [1.807, 2.05) is 5.38 Å². The third-order valence-corrected chi connectivity index (χ3v) is 3.87. The standard InChI is InChI=1S/C13H15N3O3S/c1-9(13-14-5-6-20-13)8-15-10-3-4-11(16(17)18)12(7-10)19-2/h3-7,9,15H,8H2,1-2H3/t9-/m0/s1. The number of methoxy groups -OCH3 is 1. The van der Waals surface area contributed by atoms with E-state index in [9.17, 15) is 10.1 Å². The molecule has 0 aliphatic rings. The molecule has 7 heteroatoms. The average molecular weight is 293 g/mol. The van der Waals surface area contributed by atoms with E-state index in [4.69, 9.17) is 4.74 Å². The molecule has 1 heterocycles. The number of nitrogens with one attached hydrogen (secondary N) is 1. The van der Waals surface area contributed by atoms with E-state index < -0.39 is 4.92 Å². The molecule has 1 atom stereocenters. The van der Waals surface area contributed by atoms with Crippen molar-refractivity contribution in [3.8, 4) is 5.75 Å². The first-order valence-electron chi connectivity index (χ1n) is 6.07. The SMILES string of the molecule is COc1cc(NC[C@H](C)c2nccs2)ccc1[N+](=O)[O-]. The third kappa shape index (κ3) is 3.24. The van der Waals surface area contributed by atoms with Gasteiger partial charge in [-0.3, -0.25) is 10.1 Å². The van der Waals surface area contributed by atoms with Gasteiger partial charge in [0.2, 0.25) is 0 Å². The van der Waals surface area contributed by atoms with E-state index >= 15 is 0 Å². The maximum atomic E-state index is 10.8. The van der Waals surface area contributed by atoms with Gasteiger partial charge in [0.05, 0.1) is 17.0 Å². The predicted octanol–water partition coefficient (Wildman–Crippen LogP) is 3.28. The van der Waals surface area contributed by atoms with Gasteiger partial charge in [-0.2, -0.15) is 0 Å². The summed E-state index contributed by atoms with van der Waals surface area (Å²) >= 11 is 1.62. The zero-order valence-electron chi connectivity index (χ0n) is 11.2. The molecule has 1 N–H and O–H groups in total. The van der Waals surface area contributed by atoms with Crippen LogP contribution in [0.4, 0.5) is 11.4 Å². The van der Waals surface area contributed by atoms with Crippen LogP contribution in [-0.4, -0.2) is 23.6 Å². The number of hydrogen-bond donors (Lipinski definition) is 1. The molecule has 0 aliphatic heterocycles. The number of aromatic nitrogens is 1. The highest BCUT2D eigenvalue weighted by molar-refractivity contribution is 7.09. The van der Waals surface area contributed by atoms with Crippen molar-refractivity contribution < 1.29 is 9.66 Å². The number of ether oxygens (including phenoxy) is 1. The van der Waals surface area contributed by atoms with Gasteiger partial charge < -0.3 is 10.1 Å². The highest BCUT2D eigenvalue weighted by Gasteiger charge is 2.15. The maximum Gasteiger partial charge on any atom is 0.311 e. The minimum absolute atomic E-state index is 0.0361. The Hall–Kier alpha value is -2.15. The van der Waals surface area contributed by atoms with Gasteiger partial charge in [-0.05, 0) is 6.07 Å². The molecular formula is C13H15N3O3S. The van der Waals surface area contributed by atoms with E-state index in [0.717, 1.165) is 10.7 Å². The lowest BCUT2D eigenvalue weighted by Crippen LogP contribution is -2.09. The molecule has 0 amide bonds. The lowest BCUT2D eigenvalue weighted by Gasteiger charge is -2.12. The van der Waals surface area contributed by atoms with Crippen LogP contribution < -0.4 is 10.1 Å². The molecule has 0 spiro atoms. The topological polar surface area (TPSA) is 77.3 Å². The molecule has 0 radical (unpaired) electrons.